The van der Waals surface area contributed by atoms with Crippen molar-refractivity contribution in [3.63, 3.8) is 0 Å². The molecule has 0 bridgehead atoms. The van der Waals surface area contributed by atoms with E-state index in [1.54, 1.807) is 6.20 Å². The van der Waals surface area contributed by atoms with E-state index in [1.165, 1.54) is 0 Å². The van der Waals surface area contributed by atoms with Crippen molar-refractivity contribution in [2.75, 3.05) is 31.7 Å². The number of benzene rings is 2. The van der Waals surface area contributed by atoms with Crippen LogP contribution in [0.3, 0.4) is 0 Å². The molecule has 3 N–H and O–H groups in total. The molecule has 4 aromatic rings. The van der Waals surface area contributed by atoms with Crippen molar-refractivity contribution >= 4 is 22.4 Å². The Morgan fingerprint density at radius 1 is 1.00 bits per heavy atom. The average molecular weight is 443 g/mol. The van der Waals surface area contributed by atoms with E-state index >= 15 is 0 Å². The van der Waals surface area contributed by atoms with Crippen molar-refractivity contribution in [2.24, 2.45) is 0 Å². The van der Waals surface area contributed by atoms with Crippen LogP contribution in [0.2, 0.25) is 0 Å². The number of pyridine rings is 2. The predicted octanol–water partition coefficient (Wildman–Crippen LogP) is 4.20. The first kappa shape index (κ1) is 21.2. The van der Waals surface area contributed by atoms with Gasteiger partial charge in [-0.05, 0) is 59.5 Å². The quantitative estimate of drug-likeness (QED) is 0.370. The zero-order chi connectivity index (χ0) is 22.6. The number of hydrogen-bond donors (Lipinski definition) is 3. The average Bonchev–Trinajstić information content (AvgIpc) is 2.85. The molecule has 2 aromatic carbocycles. The van der Waals surface area contributed by atoms with Crippen LogP contribution in [0.5, 0.6) is 11.5 Å². The molecule has 0 fully saturated rings. The molecule has 33 heavy (non-hydrogen) atoms. The Bertz CT molecular complexity index is 1290. The third-order valence-electron chi connectivity index (χ3n) is 5.71. The Hall–Kier alpha value is -3.68. The molecule has 1 aliphatic heterocycles. The SMILES string of the molecule is Cc1c(Nc2nccc3cc(CNCCO)cnc23)cccc1-c1ccc2c(c1)OCCO2. The van der Waals surface area contributed by atoms with E-state index in [9.17, 15) is 0 Å². The van der Waals surface area contributed by atoms with Crippen LogP contribution >= 0.6 is 0 Å². The van der Waals surface area contributed by atoms with Gasteiger partial charge in [0.25, 0.3) is 0 Å². The molecule has 168 valence electrons. The molecular formula is C26H26N4O3. The maximum absolute atomic E-state index is 8.95. The van der Waals surface area contributed by atoms with Gasteiger partial charge in [-0.15, -0.1) is 0 Å². The summed E-state index contributed by atoms with van der Waals surface area (Å²) in [7, 11) is 0. The summed E-state index contributed by atoms with van der Waals surface area (Å²) in [4.78, 5) is 9.21. The highest BCUT2D eigenvalue weighted by Crippen LogP contribution is 2.37. The number of fused-ring (bicyclic) bond motifs is 2. The Balaban J connectivity index is 1.44. The van der Waals surface area contributed by atoms with Gasteiger partial charge in [-0.25, -0.2) is 4.98 Å². The molecular weight excluding hydrogens is 416 g/mol. The topological polar surface area (TPSA) is 88.5 Å². The van der Waals surface area contributed by atoms with E-state index < -0.39 is 0 Å². The second-order valence-electron chi connectivity index (χ2n) is 7.94. The van der Waals surface area contributed by atoms with Crippen LogP contribution < -0.4 is 20.1 Å². The highest BCUT2D eigenvalue weighted by atomic mass is 16.6. The Kier molecular flexibility index (Phi) is 6.06. The summed E-state index contributed by atoms with van der Waals surface area (Å²) in [5, 5.41) is 16.6. The van der Waals surface area contributed by atoms with Crippen LogP contribution in [0, 0.1) is 6.92 Å². The van der Waals surface area contributed by atoms with Crippen LogP contribution in [0.15, 0.2) is 60.9 Å². The van der Waals surface area contributed by atoms with Crippen LogP contribution in [0.25, 0.3) is 22.0 Å². The lowest BCUT2D eigenvalue weighted by Crippen LogP contribution is -2.17. The minimum absolute atomic E-state index is 0.115. The van der Waals surface area contributed by atoms with Gasteiger partial charge in [0.1, 0.15) is 18.7 Å². The number of hydrogen-bond acceptors (Lipinski definition) is 7. The van der Waals surface area contributed by atoms with Gasteiger partial charge in [0.2, 0.25) is 0 Å². The van der Waals surface area contributed by atoms with Gasteiger partial charge in [0.15, 0.2) is 17.3 Å². The lowest BCUT2D eigenvalue weighted by Gasteiger charge is -2.20. The zero-order valence-electron chi connectivity index (χ0n) is 18.5. The van der Waals surface area contributed by atoms with Gasteiger partial charge in [-0.2, -0.15) is 0 Å². The largest absolute Gasteiger partial charge is 0.486 e. The number of aliphatic hydroxyl groups excluding tert-OH is 1. The fourth-order valence-corrected chi connectivity index (χ4v) is 4.03. The third kappa shape index (κ3) is 4.46. The lowest BCUT2D eigenvalue weighted by molar-refractivity contribution is 0.171. The summed E-state index contributed by atoms with van der Waals surface area (Å²) < 4.78 is 11.4. The smallest absolute Gasteiger partial charge is 0.161 e. The highest BCUT2D eigenvalue weighted by Gasteiger charge is 2.15. The molecule has 0 spiro atoms. The Morgan fingerprint density at radius 2 is 1.88 bits per heavy atom. The molecule has 0 saturated heterocycles. The molecule has 3 heterocycles. The van der Waals surface area contributed by atoms with E-state index in [0.29, 0.717) is 32.1 Å². The molecule has 0 radical (unpaired) electrons. The molecule has 1 aliphatic rings. The zero-order valence-corrected chi connectivity index (χ0v) is 18.5. The number of nitrogens with zero attached hydrogens (tertiary/aromatic N) is 2. The molecule has 7 nitrogen and oxygen atoms in total. The predicted molar refractivity (Wildman–Crippen MR) is 129 cm³/mol. The third-order valence-corrected chi connectivity index (χ3v) is 5.71. The van der Waals surface area contributed by atoms with Crippen LogP contribution in [0.4, 0.5) is 11.5 Å². The lowest BCUT2D eigenvalue weighted by atomic mass is 9.98. The maximum atomic E-state index is 8.95. The number of rotatable bonds is 7. The summed E-state index contributed by atoms with van der Waals surface area (Å²) >= 11 is 0. The summed E-state index contributed by atoms with van der Waals surface area (Å²) in [5.41, 5.74) is 6.14. The van der Waals surface area contributed by atoms with E-state index in [4.69, 9.17) is 14.6 Å². The molecule has 5 rings (SSSR count). The summed E-state index contributed by atoms with van der Waals surface area (Å²) in [5.74, 6) is 2.28. The van der Waals surface area contributed by atoms with Crippen LogP contribution in [0.1, 0.15) is 11.1 Å². The molecule has 2 aromatic heterocycles. The van der Waals surface area contributed by atoms with Crippen molar-refractivity contribution in [1.82, 2.24) is 15.3 Å². The number of nitrogens with one attached hydrogen (secondary N) is 2. The first-order valence-electron chi connectivity index (χ1n) is 11.0. The summed E-state index contributed by atoms with van der Waals surface area (Å²) in [6.07, 6.45) is 3.63. The fourth-order valence-electron chi connectivity index (χ4n) is 4.03. The number of anilines is 2. The molecule has 0 amide bonds. The van der Waals surface area contributed by atoms with Gasteiger partial charge < -0.3 is 25.2 Å². The van der Waals surface area contributed by atoms with Crippen LogP contribution in [-0.4, -0.2) is 41.4 Å². The van der Waals surface area contributed by atoms with Gasteiger partial charge in [0, 0.05) is 36.6 Å². The van der Waals surface area contributed by atoms with Gasteiger partial charge in [-0.3, -0.25) is 4.98 Å². The Labute approximate surface area is 192 Å². The van der Waals surface area contributed by atoms with Crippen molar-refractivity contribution in [3.8, 4) is 22.6 Å². The Morgan fingerprint density at radius 3 is 2.76 bits per heavy atom. The van der Waals surface area contributed by atoms with Crippen molar-refractivity contribution in [2.45, 2.75) is 13.5 Å². The number of aromatic nitrogens is 2. The molecule has 0 aliphatic carbocycles. The standard InChI is InChI=1S/C26H26N4O3/c1-17-21(19-5-6-23-24(14-19)33-12-11-32-23)3-2-4-22(17)30-26-25-20(7-8-28-26)13-18(16-29-25)15-27-9-10-31/h2-8,13-14,16,27,31H,9-12,15H2,1H3,(H,28,30). The van der Waals surface area contributed by atoms with E-state index in [-0.39, 0.29) is 6.61 Å². The summed E-state index contributed by atoms with van der Waals surface area (Å²) in [6, 6.07) is 16.3. The second kappa shape index (κ2) is 9.44. The summed E-state index contributed by atoms with van der Waals surface area (Å²) in [6.45, 7) is 4.57. The molecule has 0 atom stereocenters. The van der Waals surface area contributed by atoms with Gasteiger partial charge >= 0.3 is 0 Å². The van der Waals surface area contributed by atoms with E-state index in [0.717, 1.165) is 50.3 Å². The molecule has 0 saturated carbocycles. The molecule has 0 unspecified atom stereocenters. The number of ether oxygens (including phenoxy) is 2. The van der Waals surface area contributed by atoms with Crippen molar-refractivity contribution < 1.29 is 14.6 Å². The van der Waals surface area contributed by atoms with Gasteiger partial charge in [-0.1, -0.05) is 18.2 Å². The maximum Gasteiger partial charge on any atom is 0.161 e. The van der Waals surface area contributed by atoms with E-state index in [2.05, 4.69) is 45.7 Å². The normalized spacial score (nSPS) is 12.7. The second-order valence-corrected chi connectivity index (χ2v) is 7.94. The first-order valence-corrected chi connectivity index (χ1v) is 11.0. The van der Waals surface area contributed by atoms with Crippen molar-refractivity contribution in [1.29, 1.82) is 0 Å². The minimum Gasteiger partial charge on any atom is -0.486 e. The highest BCUT2D eigenvalue weighted by molar-refractivity contribution is 5.91. The fraction of sp³-hybridized carbons (Fsp3) is 0.231. The molecule has 7 heteroatoms. The minimum atomic E-state index is 0.115. The monoisotopic (exact) mass is 442 g/mol. The number of aliphatic hydroxyl groups is 1. The van der Waals surface area contributed by atoms with Gasteiger partial charge in [0.05, 0.1) is 6.61 Å². The van der Waals surface area contributed by atoms with E-state index in [1.807, 2.05) is 36.5 Å². The van der Waals surface area contributed by atoms with Crippen molar-refractivity contribution in [3.05, 3.63) is 72.1 Å². The van der Waals surface area contributed by atoms with Crippen LogP contribution in [-0.2, 0) is 6.54 Å². The first-order chi connectivity index (χ1) is 16.2.